The maximum Gasteiger partial charge on any atom is 0.265 e. The Morgan fingerprint density at radius 3 is 2.17 bits per heavy atom. The highest BCUT2D eigenvalue weighted by Gasteiger charge is 2.16. The third kappa shape index (κ3) is 5.26. The Morgan fingerprint density at radius 2 is 1.50 bits per heavy atom. The number of carbonyl (C=O) groups is 2. The Morgan fingerprint density at radius 1 is 0.833 bits per heavy atom. The molecule has 0 aliphatic rings. The summed E-state index contributed by atoms with van der Waals surface area (Å²) in [5.74, 6) is 0.0847. The van der Waals surface area contributed by atoms with Gasteiger partial charge < -0.3 is 15.4 Å². The van der Waals surface area contributed by atoms with E-state index in [1.165, 1.54) is 0 Å². The topological polar surface area (TPSA) is 67.4 Å². The lowest BCUT2D eigenvalue weighted by Crippen LogP contribution is -2.30. The van der Waals surface area contributed by atoms with E-state index in [-0.39, 0.29) is 11.8 Å². The van der Waals surface area contributed by atoms with E-state index in [0.717, 1.165) is 28.1 Å². The summed E-state index contributed by atoms with van der Waals surface area (Å²) in [7, 11) is 0. The second-order valence-corrected chi connectivity index (χ2v) is 7.34. The van der Waals surface area contributed by atoms with Crippen LogP contribution in [0.1, 0.15) is 34.0 Å². The lowest BCUT2D eigenvalue weighted by molar-refractivity contribution is -0.122. The summed E-state index contributed by atoms with van der Waals surface area (Å²) in [5.41, 5.74) is 5.30. The van der Waals surface area contributed by atoms with Crippen LogP contribution < -0.4 is 15.4 Å². The van der Waals surface area contributed by atoms with Gasteiger partial charge in [-0.15, -0.1) is 0 Å². The average molecular weight is 402 g/mol. The number of aryl methyl sites for hydroxylation is 2. The van der Waals surface area contributed by atoms with Gasteiger partial charge in [0.25, 0.3) is 11.8 Å². The van der Waals surface area contributed by atoms with Crippen molar-refractivity contribution >= 4 is 23.2 Å². The molecule has 0 aliphatic carbocycles. The van der Waals surface area contributed by atoms with Gasteiger partial charge in [-0.2, -0.15) is 0 Å². The Kier molecular flexibility index (Phi) is 6.52. The van der Waals surface area contributed by atoms with Crippen molar-refractivity contribution in [1.29, 1.82) is 0 Å². The number of amides is 2. The van der Waals surface area contributed by atoms with Gasteiger partial charge in [-0.3, -0.25) is 9.59 Å². The van der Waals surface area contributed by atoms with E-state index in [1.807, 2.05) is 63.2 Å². The number of rotatable bonds is 6. The highest BCUT2D eigenvalue weighted by atomic mass is 16.5. The third-order valence-electron chi connectivity index (χ3n) is 4.97. The first-order valence-electron chi connectivity index (χ1n) is 9.85. The predicted octanol–water partition coefficient (Wildman–Crippen LogP) is 5.27. The molecule has 0 heterocycles. The van der Waals surface area contributed by atoms with Crippen molar-refractivity contribution in [3.8, 4) is 5.75 Å². The maximum atomic E-state index is 12.5. The molecule has 0 spiro atoms. The van der Waals surface area contributed by atoms with E-state index < -0.39 is 6.10 Å². The summed E-state index contributed by atoms with van der Waals surface area (Å²) in [6.45, 7) is 7.66. The molecule has 3 aromatic carbocycles. The zero-order chi connectivity index (χ0) is 21.7. The molecule has 154 valence electrons. The van der Waals surface area contributed by atoms with Crippen LogP contribution in [0.3, 0.4) is 0 Å². The van der Waals surface area contributed by atoms with Crippen molar-refractivity contribution in [2.45, 2.75) is 33.8 Å². The van der Waals surface area contributed by atoms with Crippen LogP contribution in [-0.2, 0) is 4.79 Å². The molecular weight excluding hydrogens is 376 g/mol. The number of nitrogens with one attached hydrogen (secondary N) is 2. The number of benzene rings is 3. The molecule has 5 nitrogen and oxygen atoms in total. The molecule has 2 N–H and O–H groups in total. The number of anilines is 2. The largest absolute Gasteiger partial charge is 0.481 e. The van der Waals surface area contributed by atoms with E-state index in [0.29, 0.717) is 11.3 Å². The van der Waals surface area contributed by atoms with E-state index in [2.05, 4.69) is 10.6 Å². The van der Waals surface area contributed by atoms with Crippen LogP contribution in [0.15, 0.2) is 66.7 Å². The molecule has 0 unspecified atom stereocenters. The fourth-order valence-electron chi connectivity index (χ4n) is 2.90. The average Bonchev–Trinajstić information content (AvgIpc) is 2.73. The zero-order valence-electron chi connectivity index (χ0n) is 17.7. The van der Waals surface area contributed by atoms with Gasteiger partial charge in [0.15, 0.2) is 6.10 Å². The first-order valence-corrected chi connectivity index (χ1v) is 9.85. The molecule has 3 rings (SSSR count). The molecule has 0 aliphatic heterocycles. The molecule has 0 fully saturated rings. The van der Waals surface area contributed by atoms with Gasteiger partial charge in [-0.25, -0.2) is 0 Å². The third-order valence-corrected chi connectivity index (χ3v) is 4.97. The van der Waals surface area contributed by atoms with Gasteiger partial charge in [0, 0.05) is 16.9 Å². The van der Waals surface area contributed by atoms with Crippen molar-refractivity contribution in [1.82, 2.24) is 0 Å². The van der Waals surface area contributed by atoms with Crippen molar-refractivity contribution in [3.63, 3.8) is 0 Å². The van der Waals surface area contributed by atoms with E-state index in [9.17, 15) is 9.59 Å². The molecule has 5 heteroatoms. The molecule has 0 saturated carbocycles. The smallest absolute Gasteiger partial charge is 0.265 e. The summed E-state index contributed by atoms with van der Waals surface area (Å²) in [4.78, 5) is 24.9. The Balaban J connectivity index is 1.59. The van der Waals surface area contributed by atoms with Crippen LogP contribution in [0.2, 0.25) is 0 Å². The van der Waals surface area contributed by atoms with E-state index in [1.54, 1.807) is 31.2 Å². The molecular formula is C25H26N2O3. The van der Waals surface area contributed by atoms with Gasteiger partial charge in [-0.05, 0) is 81.3 Å². The first kappa shape index (κ1) is 21.1. The van der Waals surface area contributed by atoms with Gasteiger partial charge >= 0.3 is 0 Å². The lowest BCUT2D eigenvalue weighted by Gasteiger charge is -2.16. The predicted molar refractivity (Wildman–Crippen MR) is 120 cm³/mol. The Labute approximate surface area is 177 Å². The monoisotopic (exact) mass is 402 g/mol. The van der Waals surface area contributed by atoms with Crippen LogP contribution >= 0.6 is 0 Å². The fraction of sp³-hybridized carbons (Fsp3) is 0.200. The quantitative estimate of drug-likeness (QED) is 0.590. The van der Waals surface area contributed by atoms with Crippen molar-refractivity contribution in [3.05, 3.63) is 89.0 Å². The molecule has 1 atom stereocenters. The minimum Gasteiger partial charge on any atom is -0.481 e. The summed E-state index contributed by atoms with van der Waals surface area (Å²) >= 11 is 0. The second-order valence-electron chi connectivity index (χ2n) is 7.34. The summed E-state index contributed by atoms with van der Waals surface area (Å²) in [6.07, 6.45) is -0.683. The van der Waals surface area contributed by atoms with Crippen LogP contribution in [0.5, 0.6) is 5.75 Å². The summed E-state index contributed by atoms with van der Waals surface area (Å²) in [6, 6.07) is 20.1. The highest BCUT2D eigenvalue weighted by Crippen LogP contribution is 2.20. The van der Waals surface area contributed by atoms with E-state index in [4.69, 9.17) is 4.74 Å². The SMILES string of the molecule is Cc1ccc(NC(=O)c2ccc(O[C@@H](C)C(=O)Nc3cccc(C)c3C)cc2)cc1. The Bertz CT molecular complexity index is 1040. The highest BCUT2D eigenvalue weighted by molar-refractivity contribution is 6.04. The molecule has 3 aromatic rings. The van der Waals surface area contributed by atoms with Gasteiger partial charge in [0.05, 0.1) is 0 Å². The number of hydrogen-bond donors (Lipinski definition) is 2. The second kappa shape index (κ2) is 9.27. The number of hydrogen-bond acceptors (Lipinski definition) is 3. The van der Waals surface area contributed by atoms with E-state index >= 15 is 0 Å². The van der Waals surface area contributed by atoms with Gasteiger partial charge in [0.2, 0.25) is 0 Å². The maximum absolute atomic E-state index is 12.5. The minimum atomic E-state index is -0.683. The van der Waals surface area contributed by atoms with Crippen molar-refractivity contribution in [2.24, 2.45) is 0 Å². The number of ether oxygens (including phenoxy) is 1. The van der Waals surface area contributed by atoms with Crippen LogP contribution in [0, 0.1) is 20.8 Å². The lowest BCUT2D eigenvalue weighted by atomic mass is 10.1. The summed E-state index contributed by atoms with van der Waals surface area (Å²) < 4.78 is 5.74. The fourth-order valence-corrected chi connectivity index (χ4v) is 2.90. The molecule has 0 radical (unpaired) electrons. The zero-order valence-corrected chi connectivity index (χ0v) is 17.7. The van der Waals surface area contributed by atoms with Crippen LogP contribution in [-0.4, -0.2) is 17.9 Å². The normalized spacial score (nSPS) is 11.5. The Hall–Kier alpha value is -3.60. The minimum absolute atomic E-state index is 0.203. The van der Waals surface area contributed by atoms with Crippen molar-refractivity contribution in [2.75, 3.05) is 10.6 Å². The van der Waals surface area contributed by atoms with Crippen molar-refractivity contribution < 1.29 is 14.3 Å². The number of carbonyl (C=O) groups excluding carboxylic acids is 2. The first-order chi connectivity index (χ1) is 14.3. The molecule has 0 bridgehead atoms. The van der Waals surface area contributed by atoms with Crippen LogP contribution in [0.25, 0.3) is 0 Å². The standard InChI is InChI=1S/C25H26N2O3/c1-16-8-12-21(13-9-16)26-25(29)20-10-14-22(15-11-20)30-19(4)24(28)27-23-7-5-6-17(2)18(23)3/h5-15,19H,1-4H3,(H,26,29)(H,27,28)/t19-/m0/s1. The van der Waals surface area contributed by atoms with Gasteiger partial charge in [0.1, 0.15) is 5.75 Å². The summed E-state index contributed by atoms with van der Waals surface area (Å²) in [5, 5.41) is 5.76. The van der Waals surface area contributed by atoms with Crippen LogP contribution in [0.4, 0.5) is 11.4 Å². The molecule has 0 saturated heterocycles. The molecule has 0 aromatic heterocycles. The molecule has 2 amide bonds. The molecule has 30 heavy (non-hydrogen) atoms. The van der Waals surface area contributed by atoms with Gasteiger partial charge in [-0.1, -0.05) is 29.8 Å².